The van der Waals surface area contributed by atoms with E-state index in [0.29, 0.717) is 5.69 Å². The second-order valence-electron chi connectivity index (χ2n) is 2.90. The van der Waals surface area contributed by atoms with Crippen LogP contribution < -0.4 is 0 Å². The van der Waals surface area contributed by atoms with Gasteiger partial charge in [0.1, 0.15) is 5.51 Å². The highest BCUT2D eigenvalue weighted by molar-refractivity contribution is 8.01. The highest BCUT2D eigenvalue weighted by atomic mass is 32.2. The first-order valence-electron chi connectivity index (χ1n) is 4.34. The molecule has 0 aliphatic heterocycles. The van der Waals surface area contributed by atoms with Crippen molar-refractivity contribution in [2.24, 2.45) is 0 Å². The summed E-state index contributed by atoms with van der Waals surface area (Å²) >= 11 is 3.01. The summed E-state index contributed by atoms with van der Waals surface area (Å²) in [7, 11) is 0. The van der Waals surface area contributed by atoms with E-state index in [1.807, 2.05) is 12.1 Å². The quantitative estimate of drug-likeness (QED) is 0.889. The van der Waals surface area contributed by atoms with Crippen molar-refractivity contribution in [2.75, 3.05) is 0 Å². The summed E-state index contributed by atoms with van der Waals surface area (Å²) in [4.78, 5) is 5.14. The van der Waals surface area contributed by atoms with E-state index in [2.05, 4.69) is 15.2 Å². The molecule has 0 saturated heterocycles. The van der Waals surface area contributed by atoms with Gasteiger partial charge in [-0.15, -0.1) is 10.2 Å². The summed E-state index contributed by atoms with van der Waals surface area (Å²) in [5.41, 5.74) is 2.37. The molecule has 0 saturated carbocycles. The number of nitrogens with zero attached hydrogens (tertiary/aromatic N) is 3. The Morgan fingerprint density at radius 2 is 2.33 bits per heavy atom. The number of hydrogen-bond donors (Lipinski definition) is 1. The fraction of sp³-hybridized carbons (Fsp3) is 0.222. The normalized spacial score (nSPS) is 12.7. The van der Waals surface area contributed by atoms with E-state index in [9.17, 15) is 5.11 Å². The second-order valence-corrected chi connectivity index (χ2v) is 5.06. The summed E-state index contributed by atoms with van der Waals surface area (Å²) in [6.45, 7) is 1.69. The summed E-state index contributed by atoms with van der Waals surface area (Å²) in [5.74, 6) is 0. The molecule has 6 heteroatoms. The molecular formula is C9H9N3OS2. The van der Waals surface area contributed by atoms with Crippen LogP contribution in [-0.4, -0.2) is 20.3 Å². The van der Waals surface area contributed by atoms with E-state index in [-0.39, 0.29) is 0 Å². The van der Waals surface area contributed by atoms with Gasteiger partial charge in [0, 0.05) is 11.1 Å². The third-order valence-corrected chi connectivity index (χ3v) is 3.49. The maximum Gasteiger partial charge on any atom is 0.178 e. The van der Waals surface area contributed by atoms with E-state index in [0.717, 1.165) is 9.24 Å². The number of hydrogen-bond acceptors (Lipinski definition) is 6. The highest BCUT2D eigenvalue weighted by Crippen LogP contribution is 2.28. The summed E-state index contributed by atoms with van der Waals surface area (Å²) in [6, 6.07) is 3.73. The average Bonchev–Trinajstić information content (AvgIpc) is 2.71. The molecular weight excluding hydrogens is 230 g/mol. The molecule has 78 valence electrons. The minimum Gasteiger partial charge on any atom is -0.387 e. The molecule has 0 radical (unpaired) electrons. The van der Waals surface area contributed by atoms with Crippen molar-refractivity contribution < 1.29 is 5.11 Å². The fourth-order valence-electron chi connectivity index (χ4n) is 1.01. The Labute approximate surface area is 95.4 Å². The van der Waals surface area contributed by atoms with E-state index in [1.165, 1.54) is 23.1 Å². The van der Waals surface area contributed by atoms with Crippen molar-refractivity contribution >= 4 is 23.1 Å². The lowest BCUT2D eigenvalue weighted by Crippen LogP contribution is -1.94. The van der Waals surface area contributed by atoms with E-state index < -0.39 is 6.10 Å². The van der Waals surface area contributed by atoms with Crippen molar-refractivity contribution in [1.29, 1.82) is 0 Å². The van der Waals surface area contributed by atoms with Crippen molar-refractivity contribution in [3.8, 4) is 0 Å². The number of aliphatic hydroxyl groups excluding tert-OH is 1. The van der Waals surface area contributed by atoms with Crippen molar-refractivity contribution in [2.45, 2.75) is 22.3 Å². The Hall–Kier alpha value is -0.980. The zero-order valence-corrected chi connectivity index (χ0v) is 9.63. The van der Waals surface area contributed by atoms with Crippen LogP contribution in [0.25, 0.3) is 0 Å². The largest absolute Gasteiger partial charge is 0.387 e. The van der Waals surface area contributed by atoms with Crippen LogP contribution in [0.15, 0.2) is 33.1 Å². The van der Waals surface area contributed by atoms with Gasteiger partial charge in [-0.2, -0.15) is 0 Å². The lowest BCUT2D eigenvalue weighted by Gasteiger charge is -2.03. The molecule has 2 rings (SSSR count). The van der Waals surface area contributed by atoms with Gasteiger partial charge in [-0.05, 0) is 19.1 Å². The fourth-order valence-corrected chi connectivity index (χ4v) is 2.43. The molecule has 0 spiro atoms. The molecule has 1 atom stereocenters. The Morgan fingerprint density at radius 1 is 1.47 bits per heavy atom. The molecule has 15 heavy (non-hydrogen) atoms. The molecule has 2 aromatic rings. The Bertz CT molecular complexity index is 413. The maximum atomic E-state index is 9.28. The number of aromatic nitrogens is 3. The SMILES string of the molecule is CC(O)c1ccc(Sc2nncs2)cn1. The first-order valence-corrected chi connectivity index (χ1v) is 6.03. The van der Waals surface area contributed by atoms with Crippen molar-refractivity contribution in [1.82, 2.24) is 15.2 Å². The maximum absolute atomic E-state index is 9.28. The molecule has 2 aromatic heterocycles. The smallest absolute Gasteiger partial charge is 0.178 e. The van der Waals surface area contributed by atoms with Gasteiger partial charge in [-0.25, -0.2) is 0 Å². The van der Waals surface area contributed by atoms with Gasteiger partial charge in [0.25, 0.3) is 0 Å². The molecule has 0 fully saturated rings. The van der Waals surface area contributed by atoms with Crippen LogP contribution in [0.5, 0.6) is 0 Å². The van der Waals surface area contributed by atoms with Crippen LogP contribution in [0.2, 0.25) is 0 Å². The van der Waals surface area contributed by atoms with Gasteiger partial charge in [0.15, 0.2) is 4.34 Å². The molecule has 0 aliphatic carbocycles. The third-order valence-electron chi connectivity index (χ3n) is 1.73. The first-order chi connectivity index (χ1) is 7.25. The molecule has 1 N–H and O–H groups in total. The summed E-state index contributed by atoms with van der Waals surface area (Å²) in [6.07, 6.45) is 1.21. The number of rotatable bonds is 3. The number of pyridine rings is 1. The Morgan fingerprint density at radius 3 is 2.87 bits per heavy atom. The average molecular weight is 239 g/mol. The monoisotopic (exact) mass is 239 g/mol. The molecule has 1 unspecified atom stereocenters. The number of aliphatic hydroxyl groups is 1. The molecule has 0 aromatic carbocycles. The Balaban J connectivity index is 2.11. The topological polar surface area (TPSA) is 58.9 Å². The van der Waals surface area contributed by atoms with Crippen LogP contribution in [-0.2, 0) is 0 Å². The molecule has 4 nitrogen and oxygen atoms in total. The van der Waals surface area contributed by atoms with Crippen LogP contribution in [0.1, 0.15) is 18.7 Å². The van der Waals surface area contributed by atoms with Gasteiger partial charge in [-0.3, -0.25) is 4.98 Å². The molecule has 0 aliphatic rings. The predicted molar refractivity (Wildman–Crippen MR) is 58.9 cm³/mol. The van der Waals surface area contributed by atoms with E-state index in [1.54, 1.807) is 18.6 Å². The Kier molecular flexibility index (Phi) is 3.30. The lowest BCUT2D eigenvalue weighted by molar-refractivity contribution is 0.194. The van der Waals surface area contributed by atoms with Crippen LogP contribution in [0.4, 0.5) is 0 Å². The van der Waals surface area contributed by atoms with Crippen LogP contribution >= 0.6 is 23.1 Å². The molecule has 0 bridgehead atoms. The summed E-state index contributed by atoms with van der Waals surface area (Å²) in [5, 5.41) is 17.0. The van der Waals surface area contributed by atoms with Gasteiger partial charge >= 0.3 is 0 Å². The molecule has 2 heterocycles. The van der Waals surface area contributed by atoms with Gasteiger partial charge in [0.05, 0.1) is 11.8 Å². The minimum atomic E-state index is -0.523. The minimum absolute atomic E-state index is 0.523. The van der Waals surface area contributed by atoms with Crippen LogP contribution in [0.3, 0.4) is 0 Å². The van der Waals surface area contributed by atoms with Gasteiger partial charge in [0.2, 0.25) is 0 Å². The lowest BCUT2D eigenvalue weighted by atomic mass is 10.2. The zero-order valence-electron chi connectivity index (χ0n) is 7.99. The highest BCUT2D eigenvalue weighted by Gasteiger charge is 2.04. The van der Waals surface area contributed by atoms with E-state index >= 15 is 0 Å². The van der Waals surface area contributed by atoms with Gasteiger partial charge in [-0.1, -0.05) is 23.1 Å². The van der Waals surface area contributed by atoms with Crippen molar-refractivity contribution in [3.05, 3.63) is 29.5 Å². The first kappa shape index (κ1) is 10.5. The second kappa shape index (κ2) is 4.69. The third kappa shape index (κ3) is 2.74. The molecule has 0 amide bonds. The standard InChI is InChI=1S/C9H9N3OS2/c1-6(13)8-3-2-7(4-10-8)15-9-12-11-5-14-9/h2-6,13H,1H3. The summed E-state index contributed by atoms with van der Waals surface area (Å²) < 4.78 is 0.890. The van der Waals surface area contributed by atoms with Crippen LogP contribution in [0, 0.1) is 0 Å². The zero-order chi connectivity index (χ0) is 10.7. The van der Waals surface area contributed by atoms with E-state index in [4.69, 9.17) is 0 Å². The van der Waals surface area contributed by atoms with Crippen molar-refractivity contribution in [3.63, 3.8) is 0 Å². The predicted octanol–water partition coefficient (Wildman–Crippen LogP) is 2.14. The van der Waals surface area contributed by atoms with Gasteiger partial charge < -0.3 is 5.11 Å².